The van der Waals surface area contributed by atoms with Crippen molar-refractivity contribution in [2.75, 3.05) is 5.75 Å². The third kappa shape index (κ3) is 2.29. The summed E-state index contributed by atoms with van der Waals surface area (Å²) >= 11 is 3.34. The lowest BCUT2D eigenvalue weighted by molar-refractivity contribution is 0.684. The van der Waals surface area contributed by atoms with Crippen LogP contribution in [-0.2, 0) is 10.8 Å². The van der Waals surface area contributed by atoms with E-state index in [1.807, 2.05) is 24.3 Å². The van der Waals surface area contributed by atoms with E-state index in [1.165, 1.54) is 0 Å². The topological polar surface area (TPSA) is 17.1 Å². The molecule has 1 aromatic carbocycles. The molecule has 0 heterocycles. The zero-order valence-electron chi connectivity index (χ0n) is 6.50. The molecule has 1 rings (SSSR count). The Labute approximate surface area is 83.1 Å². The summed E-state index contributed by atoms with van der Waals surface area (Å²) in [6, 6.07) is 7.51. The molecule has 64 valence electrons. The van der Waals surface area contributed by atoms with Gasteiger partial charge >= 0.3 is 0 Å². The largest absolute Gasteiger partial charge is 0.254 e. The Balaban J connectivity index is 2.94. The minimum absolute atomic E-state index is 0.503. The van der Waals surface area contributed by atoms with Crippen LogP contribution in [0.5, 0.6) is 0 Å². The van der Waals surface area contributed by atoms with E-state index >= 15 is 0 Å². The SMILES string of the molecule is C=CCS(=O)c1ccccc1Br. The molecule has 0 fully saturated rings. The lowest BCUT2D eigenvalue weighted by atomic mass is 10.4. The van der Waals surface area contributed by atoms with Crippen LogP contribution < -0.4 is 0 Å². The summed E-state index contributed by atoms with van der Waals surface area (Å²) in [5, 5.41) is 0. The molecule has 0 aromatic heterocycles. The van der Waals surface area contributed by atoms with Gasteiger partial charge in [-0.05, 0) is 28.1 Å². The molecule has 1 unspecified atom stereocenters. The van der Waals surface area contributed by atoms with Crippen molar-refractivity contribution in [1.29, 1.82) is 0 Å². The predicted octanol–water partition coefficient (Wildman–Crippen LogP) is 2.74. The predicted molar refractivity (Wildman–Crippen MR) is 55.6 cm³/mol. The van der Waals surface area contributed by atoms with Crippen molar-refractivity contribution in [3.05, 3.63) is 41.4 Å². The Morgan fingerprint density at radius 3 is 2.75 bits per heavy atom. The maximum absolute atomic E-state index is 11.5. The van der Waals surface area contributed by atoms with Crippen molar-refractivity contribution < 1.29 is 4.21 Å². The van der Waals surface area contributed by atoms with Crippen molar-refractivity contribution in [2.24, 2.45) is 0 Å². The first-order valence-corrected chi connectivity index (χ1v) is 5.60. The van der Waals surface area contributed by atoms with Gasteiger partial charge in [-0.25, -0.2) is 0 Å². The molecule has 0 saturated carbocycles. The van der Waals surface area contributed by atoms with E-state index in [-0.39, 0.29) is 0 Å². The number of benzene rings is 1. The van der Waals surface area contributed by atoms with E-state index in [0.717, 1.165) is 9.37 Å². The first kappa shape index (κ1) is 9.68. The van der Waals surface area contributed by atoms with E-state index in [4.69, 9.17) is 0 Å². The zero-order chi connectivity index (χ0) is 8.97. The first-order chi connectivity index (χ1) is 5.75. The molecule has 0 saturated heterocycles. The van der Waals surface area contributed by atoms with Crippen molar-refractivity contribution in [2.45, 2.75) is 4.90 Å². The van der Waals surface area contributed by atoms with Gasteiger partial charge in [0.1, 0.15) is 0 Å². The van der Waals surface area contributed by atoms with Gasteiger partial charge in [0.25, 0.3) is 0 Å². The van der Waals surface area contributed by atoms with Gasteiger partial charge in [0.15, 0.2) is 0 Å². The Hall–Kier alpha value is -0.410. The molecule has 1 aromatic rings. The summed E-state index contributed by atoms with van der Waals surface area (Å²) < 4.78 is 12.4. The first-order valence-electron chi connectivity index (χ1n) is 3.49. The fraction of sp³-hybridized carbons (Fsp3) is 0.111. The van der Waals surface area contributed by atoms with Crippen LogP contribution >= 0.6 is 15.9 Å². The Morgan fingerprint density at radius 1 is 1.50 bits per heavy atom. The highest BCUT2D eigenvalue weighted by atomic mass is 79.9. The second-order valence-corrected chi connectivity index (χ2v) is 4.55. The van der Waals surface area contributed by atoms with Gasteiger partial charge in [-0.2, -0.15) is 0 Å². The van der Waals surface area contributed by atoms with E-state index in [9.17, 15) is 4.21 Å². The lowest BCUT2D eigenvalue weighted by Crippen LogP contribution is -1.95. The fourth-order valence-corrected chi connectivity index (χ4v) is 2.56. The van der Waals surface area contributed by atoms with Crippen molar-refractivity contribution in [3.8, 4) is 0 Å². The number of hydrogen-bond acceptors (Lipinski definition) is 1. The maximum Gasteiger partial charge on any atom is 0.0579 e. The summed E-state index contributed by atoms with van der Waals surface area (Å²) in [6.45, 7) is 3.55. The van der Waals surface area contributed by atoms with Crippen LogP contribution in [0.3, 0.4) is 0 Å². The highest BCUT2D eigenvalue weighted by molar-refractivity contribution is 9.10. The molecule has 0 aliphatic carbocycles. The fourth-order valence-electron chi connectivity index (χ4n) is 0.826. The van der Waals surface area contributed by atoms with E-state index in [0.29, 0.717) is 5.75 Å². The molecule has 0 spiro atoms. The highest BCUT2D eigenvalue weighted by Gasteiger charge is 2.04. The van der Waals surface area contributed by atoms with E-state index in [2.05, 4.69) is 22.5 Å². The summed E-state index contributed by atoms with van der Waals surface area (Å²) in [6.07, 6.45) is 1.66. The van der Waals surface area contributed by atoms with Gasteiger partial charge in [-0.1, -0.05) is 18.2 Å². The minimum atomic E-state index is -0.960. The standard InChI is InChI=1S/C9H9BrOS/c1-2-7-12(11)9-6-4-3-5-8(9)10/h2-6H,1,7H2. The summed E-state index contributed by atoms with van der Waals surface area (Å²) in [5.41, 5.74) is 0. The molecule has 1 nitrogen and oxygen atoms in total. The van der Waals surface area contributed by atoms with Crippen LogP contribution in [0.1, 0.15) is 0 Å². The van der Waals surface area contributed by atoms with Gasteiger partial charge in [0.2, 0.25) is 0 Å². The molecular formula is C9H9BrOS. The average molecular weight is 245 g/mol. The van der Waals surface area contributed by atoms with Crippen molar-refractivity contribution in [1.82, 2.24) is 0 Å². The van der Waals surface area contributed by atoms with Crippen LogP contribution in [0.2, 0.25) is 0 Å². The Bertz CT molecular complexity index is 309. The van der Waals surface area contributed by atoms with Gasteiger partial charge in [-0.3, -0.25) is 4.21 Å². The Kier molecular flexibility index (Phi) is 3.69. The van der Waals surface area contributed by atoms with Gasteiger partial charge < -0.3 is 0 Å². The third-order valence-corrected chi connectivity index (χ3v) is 3.69. The van der Waals surface area contributed by atoms with Crippen molar-refractivity contribution >= 4 is 26.7 Å². The monoisotopic (exact) mass is 244 g/mol. The van der Waals surface area contributed by atoms with E-state index in [1.54, 1.807) is 6.08 Å². The van der Waals surface area contributed by atoms with Crippen LogP contribution in [0.25, 0.3) is 0 Å². The van der Waals surface area contributed by atoms with Crippen LogP contribution in [0.15, 0.2) is 46.3 Å². The van der Waals surface area contributed by atoms with Gasteiger partial charge in [0, 0.05) is 10.2 Å². The summed E-state index contributed by atoms with van der Waals surface area (Å²) in [7, 11) is -0.960. The molecule has 0 radical (unpaired) electrons. The number of hydrogen-bond donors (Lipinski definition) is 0. The molecule has 0 amide bonds. The molecule has 0 bridgehead atoms. The summed E-state index contributed by atoms with van der Waals surface area (Å²) in [4.78, 5) is 0.831. The third-order valence-electron chi connectivity index (χ3n) is 1.35. The maximum atomic E-state index is 11.5. The highest BCUT2D eigenvalue weighted by Crippen LogP contribution is 2.19. The number of halogens is 1. The molecule has 12 heavy (non-hydrogen) atoms. The second kappa shape index (κ2) is 4.58. The smallest absolute Gasteiger partial charge is 0.0579 e. The molecule has 0 aliphatic rings. The average Bonchev–Trinajstić information content (AvgIpc) is 2.05. The summed E-state index contributed by atoms with van der Waals surface area (Å²) in [5.74, 6) is 0.503. The minimum Gasteiger partial charge on any atom is -0.254 e. The molecule has 0 N–H and O–H groups in total. The van der Waals surface area contributed by atoms with Gasteiger partial charge in [-0.15, -0.1) is 6.58 Å². The quantitative estimate of drug-likeness (QED) is 0.748. The zero-order valence-corrected chi connectivity index (χ0v) is 8.90. The second-order valence-electron chi connectivity index (χ2n) is 2.23. The van der Waals surface area contributed by atoms with Crippen LogP contribution in [0, 0.1) is 0 Å². The molecule has 0 aliphatic heterocycles. The van der Waals surface area contributed by atoms with Crippen LogP contribution in [0.4, 0.5) is 0 Å². The van der Waals surface area contributed by atoms with E-state index < -0.39 is 10.8 Å². The van der Waals surface area contributed by atoms with Crippen molar-refractivity contribution in [3.63, 3.8) is 0 Å². The molecule has 1 atom stereocenters. The lowest BCUT2D eigenvalue weighted by Gasteiger charge is -2.00. The van der Waals surface area contributed by atoms with Gasteiger partial charge in [0.05, 0.1) is 15.7 Å². The van der Waals surface area contributed by atoms with Crippen LogP contribution in [-0.4, -0.2) is 9.96 Å². The number of rotatable bonds is 3. The normalized spacial score (nSPS) is 12.4. The molecular weight excluding hydrogens is 236 g/mol. The molecule has 3 heteroatoms. The Morgan fingerprint density at radius 2 is 2.17 bits per heavy atom.